The standard InChI is InChI=1S/C19H16ClN3/c1-11-8-13-17(20)14-10-15(12-6-4-3-5-7-12)22-19(14)23-18(13)16(9-11)21-2/h3-10,21H,1-2H3,(H,22,23). The molecule has 114 valence electrons. The molecule has 2 aromatic heterocycles. The first-order valence-corrected chi connectivity index (χ1v) is 7.91. The number of aryl methyl sites for hydroxylation is 1. The van der Waals surface area contributed by atoms with E-state index < -0.39 is 0 Å². The number of halogens is 1. The largest absolute Gasteiger partial charge is 0.386 e. The third kappa shape index (κ3) is 2.25. The molecule has 4 heteroatoms. The monoisotopic (exact) mass is 321 g/mol. The summed E-state index contributed by atoms with van der Waals surface area (Å²) in [6, 6.07) is 16.4. The topological polar surface area (TPSA) is 40.7 Å². The molecule has 2 heterocycles. The van der Waals surface area contributed by atoms with Crippen LogP contribution in [0.2, 0.25) is 5.02 Å². The SMILES string of the molecule is CNc1cc(C)cc2c(Cl)c3cc(-c4ccccc4)[nH]c3nc12. The average molecular weight is 322 g/mol. The van der Waals surface area contributed by atoms with Gasteiger partial charge in [-0.2, -0.15) is 0 Å². The van der Waals surface area contributed by atoms with E-state index in [-0.39, 0.29) is 0 Å². The highest BCUT2D eigenvalue weighted by Crippen LogP contribution is 2.36. The van der Waals surface area contributed by atoms with Crippen LogP contribution in [0, 0.1) is 6.92 Å². The molecule has 3 nitrogen and oxygen atoms in total. The van der Waals surface area contributed by atoms with Gasteiger partial charge in [-0.3, -0.25) is 0 Å². The van der Waals surface area contributed by atoms with Crippen LogP contribution in [0.3, 0.4) is 0 Å². The zero-order valence-corrected chi connectivity index (χ0v) is 13.7. The van der Waals surface area contributed by atoms with Gasteiger partial charge in [0.15, 0.2) is 0 Å². The number of H-pyrrole nitrogens is 1. The normalized spacial score (nSPS) is 11.3. The number of pyridine rings is 1. The summed E-state index contributed by atoms with van der Waals surface area (Å²) in [5.41, 5.74) is 5.98. The summed E-state index contributed by atoms with van der Waals surface area (Å²) in [6.07, 6.45) is 0. The fourth-order valence-corrected chi connectivity index (χ4v) is 3.27. The lowest BCUT2D eigenvalue weighted by Gasteiger charge is -2.09. The quantitative estimate of drug-likeness (QED) is 0.520. The van der Waals surface area contributed by atoms with Gasteiger partial charge in [0.25, 0.3) is 0 Å². The smallest absolute Gasteiger partial charge is 0.140 e. The van der Waals surface area contributed by atoms with E-state index in [9.17, 15) is 0 Å². The summed E-state index contributed by atoms with van der Waals surface area (Å²) in [7, 11) is 1.90. The second-order valence-corrected chi connectivity index (χ2v) is 6.07. The molecular weight excluding hydrogens is 306 g/mol. The van der Waals surface area contributed by atoms with Crippen molar-refractivity contribution in [3.05, 3.63) is 59.1 Å². The van der Waals surface area contributed by atoms with Crippen LogP contribution < -0.4 is 5.32 Å². The molecule has 0 atom stereocenters. The molecule has 2 aromatic carbocycles. The zero-order chi connectivity index (χ0) is 16.0. The lowest BCUT2D eigenvalue weighted by atomic mass is 10.1. The van der Waals surface area contributed by atoms with Gasteiger partial charge >= 0.3 is 0 Å². The Kier molecular flexibility index (Phi) is 3.24. The summed E-state index contributed by atoms with van der Waals surface area (Å²) in [4.78, 5) is 8.18. The number of aromatic nitrogens is 2. The molecule has 0 bridgehead atoms. The van der Waals surface area contributed by atoms with E-state index in [0.717, 1.165) is 49.5 Å². The highest BCUT2D eigenvalue weighted by atomic mass is 35.5. The van der Waals surface area contributed by atoms with Crippen molar-refractivity contribution in [2.75, 3.05) is 12.4 Å². The van der Waals surface area contributed by atoms with Crippen molar-refractivity contribution in [2.45, 2.75) is 6.92 Å². The predicted octanol–water partition coefficient (Wildman–Crippen LogP) is 5.39. The highest BCUT2D eigenvalue weighted by molar-refractivity contribution is 6.40. The maximum absolute atomic E-state index is 6.69. The van der Waals surface area contributed by atoms with Crippen LogP contribution in [-0.4, -0.2) is 17.0 Å². The minimum Gasteiger partial charge on any atom is -0.386 e. The number of nitrogens with zero attached hydrogens (tertiary/aromatic N) is 1. The number of hydrogen-bond donors (Lipinski definition) is 2. The van der Waals surface area contributed by atoms with Crippen molar-refractivity contribution in [3.8, 4) is 11.3 Å². The second kappa shape index (κ2) is 5.28. The van der Waals surface area contributed by atoms with Gasteiger partial charge in [0.05, 0.1) is 16.2 Å². The van der Waals surface area contributed by atoms with E-state index in [4.69, 9.17) is 16.6 Å². The van der Waals surface area contributed by atoms with Crippen LogP contribution in [0.25, 0.3) is 33.2 Å². The summed E-state index contributed by atoms with van der Waals surface area (Å²) in [6.45, 7) is 2.06. The minimum atomic E-state index is 0.739. The van der Waals surface area contributed by atoms with Crippen molar-refractivity contribution in [1.82, 2.24) is 9.97 Å². The van der Waals surface area contributed by atoms with Crippen LogP contribution in [0.1, 0.15) is 5.56 Å². The van der Waals surface area contributed by atoms with Crippen molar-refractivity contribution in [3.63, 3.8) is 0 Å². The molecule has 4 rings (SSSR count). The van der Waals surface area contributed by atoms with Gasteiger partial charge in [-0.05, 0) is 36.2 Å². The van der Waals surface area contributed by atoms with Crippen LogP contribution in [0.15, 0.2) is 48.5 Å². The van der Waals surface area contributed by atoms with E-state index >= 15 is 0 Å². The summed E-state index contributed by atoms with van der Waals surface area (Å²) < 4.78 is 0. The van der Waals surface area contributed by atoms with E-state index in [2.05, 4.69) is 47.6 Å². The van der Waals surface area contributed by atoms with Crippen LogP contribution in [-0.2, 0) is 0 Å². The molecule has 0 spiro atoms. The Bertz CT molecular complexity index is 1020. The van der Waals surface area contributed by atoms with Crippen LogP contribution in [0.4, 0.5) is 5.69 Å². The second-order valence-electron chi connectivity index (χ2n) is 5.70. The van der Waals surface area contributed by atoms with Crippen molar-refractivity contribution in [1.29, 1.82) is 0 Å². The molecule has 0 aliphatic rings. The molecule has 0 saturated carbocycles. The summed E-state index contributed by atoms with van der Waals surface area (Å²) >= 11 is 6.69. The number of nitrogens with one attached hydrogen (secondary N) is 2. The molecule has 0 aliphatic carbocycles. The molecule has 2 N–H and O–H groups in total. The molecule has 0 aliphatic heterocycles. The van der Waals surface area contributed by atoms with Gasteiger partial charge in [0.2, 0.25) is 0 Å². The third-order valence-corrected chi connectivity index (χ3v) is 4.51. The number of benzene rings is 2. The van der Waals surface area contributed by atoms with Gasteiger partial charge in [0.1, 0.15) is 5.65 Å². The first-order chi connectivity index (χ1) is 11.2. The van der Waals surface area contributed by atoms with Gasteiger partial charge in [-0.1, -0.05) is 41.9 Å². The van der Waals surface area contributed by atoms with E-state index in [1.807, 2.05) is 25.2 Å². The Morgan fingerprint density at radius 1 is 1.04 bits per heavy atom. The van der Waals surface area contributed by atoms with Crippen LogP contribution in [0.5, 0.6) is 0 Å². The lowest BCUT2D eigenvalue weighted by molar-refractivity contribution is 1.35. The molecule has 0 unspecified atom stereocenters. The maximum Gasteiger partial charge on any atom is 0.140 e. The van der Waals surface area contributed by atoms with Gasteiger partial charge in [-0.25, -0.2) is 4.98 Å². The maximum atomic E-state index is 6.69. The number of rotatable bonds is 2. The molecule has 0 fully saturated rings. The molecule has 0 radical (unpaired) electrons. The Balaban J connectivity index is 2.05. The minimum absolute atomic E-state index is 0.739. The highest BCUT2D eigenvalue weighted by Gasteiger charge is 2.14. The van der Waals surface area contributed by atoms with Crippen molar-refractivity contribution >= 4 is 39.2 Å². The Morgan fingerprint density at radius 2 is 1.83 bits per heavy atom. The lowest BCUT2D eigenvalue weighted by Crippen LogP contribution is -1.94. The zero-order valence-electron chi connectivity index (χ0n) is 12.9. The van der Waals surface area contributed by atoms with E-state index in [1.54, 1.807) is 0 Å². The first kappa shape index (κ1) is 14.1. The summed E-state index contributed by atoms with van der Waals surface area (Å²) in [5, 5.41) is 5.87. The molecule has 23 heavy (non-hydrogen) atoms. The number of fused-ring (bicyclic) bond motifs is 2. The van der Waals surface area contributed by atoms with E-state index in [0.29, 0.717) is 0 Å². The van der Waals surface area contributed by atoms with E-state index in [1.165, 1.54) is 0 Å². The molecule has 0 saturated heterocycles. The number of aromatic amines is 1. The number of hydrogen-bond acceptors (Lipinski definition) is 2. The van der Waals surface area contributed by atoms with Crippen molar-refractivity contribution < 1.29 is 0 Å². The van der Waals surface area contributed by atoms with Crippen molar-refractivity contribution in [2.24, 2.45) is 0 Å². The molecule has 4 aromatic rings. The predicted molar refractivity (Wildman–Crippen MR) is 98.3 cm³/mol. The van der Waals surface area contributed by atoms with Gasteiger partial charge < -0.3 is 10.3 Å². The third-order valence-electron chi connectivity index (χ3n) is 4.10. The Hall–Kier alpha value is -2.52. The Labute approximate surface area is 139 Å². The van der Waals surface area contributed by atoms with Gasteiger partial charge in [0, 0.05) is 23.5 Å². The fourth-order valence-electron chi connectivity index (χ4n) is 2.99. The molecule has 0 amide bonds. The fraction of sp³-hybridized carbons (Fsp3) is 0.105. The molecular formula is C19H16ClN3. The summed E-state index contributed by atoms with van der Waals surface area (Å²) in [5.74, 6) is 0. The Morgan fingerprint density at radius 3 is 2.57 bits per heavy atom. The van der Waals surface area contributed by atoms with Crippen LogP contribution >= 0.6 is 11.6 Å². The average Bonchev–Trinajstić information content (AvgIpc) is 3.00. The first-order valence-electron chi connectivity index (χ1n) is 7.53. The van der Waals surface area contributed by atoms with Gasteiger partial charge in [-0.15, -0.1) is 0 Å². The number of anilines is 1.